The van der Waals surface area contributed by atoms with Crippen LogP contribution in [0.15, 0.2) is 48.5 Å². The van der Waals surface area contributed by atoms with Gasteiger partial charge in [-0.05, 0) is 38.5 Å². The minimum absolute atomic E-state index is 0.0477. The summed E-state index contributed by atoms with van der Waals surface area (Å²) in [5.41, 5.74) is 2.94. The van der Waals surface area contributed by atoms with Crippen molar-refractivity contribution in [1.82, 2.24) is 5.32 Å². The highest BCUT2D eigenvalue weighted by molar-refractivity contribution is 5.90. The fourth-order valence-electron chi connectivity index (χ4n) is 2.50. The van der Waals surface area contributed by atoms with E-state index in [4.69, 9.17) is 4.74 Å². The van der Waals surface area contributed by atoms with Crippen LogP contribution in [0, 0.1) is 6.92 Å². The van der Waals surface area contributed by atoms with Crippen LogP contribution in [0.2, 0.25) is 0 Å². The molecule has 2 N–H and O–H groups in total. The molecule has 2 aromatic carbocycles. The van der Waals surface area contributed by atoms with Gasteiger partial charge in [-0.3, -0.25) is 0 Å². The van der Waals surface area contributed by atoms with Crippen LogP contribution in [0.4, 0.5) is 10.5 Å². The molecule has 0 atom stereocenters. The molecule has 4 heteroatoms. The smallest absolute Gasteiger partial charge is 0.319 e. The number of carbonyl (C=O) groups is 1. The summed E-state index contributed by atoms with van der Waals surface area (Å²) in [4.78, 5) is 12.3. The number of hydrogen-bond donors (Lipinski definition) is 2. The van der Waals surface area contributed by atoms with Gasteiger partial charge >= 0.3 is 6.03 Å². The van der Waals surface area contributed by atoms with Gasteiger partial charge in [0.1, 0.15) is 5.75 Å². The molecule has 0 bridgehead atoms. The first-order valence-electron chi connectivity index (χ1n) is 8.65. The van der Waals surface area contributed by atoms with E-state index in [0.717, 1.165) is 0 Å². The number of carbonyl (C=O) groups excluding carboxylic acids is 1. The van der Waals surface area contributed by atoms with Crippen LogP contribution >= 0.6 is 0 Å². The summed E-state index contributed by atoms with van der Waals surface area (Å²) in [6.07, 6.45) is 0.0477. The number of benzene rings is 2. The first-order chi connectivity index (χ1) is 11.8. The van der Waals surface area contributed by atoms with E-state index in [-0.39, 0.29) is 17.6 Å². The number of nitrogens with one attached hydrogen (secondary N) is 2. The van der Waals surface area contributed by atoms with E-state index in [9.17, 15) is 4.79 Å². The van der Waals surface area contributed by atoms with Gasteiger partial charge in [0.15, 0.2) is 0 Å². The van der Waals surface area contributed by atoms with Gasteiger partial charge in [-0.2, -0.15) is 0 Å². The largest absolute Gasteiger partial charge is 0.489 e. The second kappa shape index (κ2) is 8.06. The van der Waals surface area contributed by atoms with E-state index in [1.54, 1.807) is 0 Å². The van der Waals surface area contributed by atoms with Crippen molar-refractivity contribution in [2.75, 3.05) is 11.9 Å². The number of hydrogen-bond acceptors (Lipinski definition) is 2. The molecule has 0 saturated carbocycles. The van der Waals surface area contributed by atoms with E-state index in [0.29, 0.717) is 18.0 Å². The van der Waals surface area contributed by atoms with Crippen molar-refractivity contribution in [2.24, 2.45) is 0 Å². The molecule has 0 aliphatic heterocycles. The van der Waals surface area contributed by atoms with Crippen molar-refractivity contribution in [2.45, 2.75) is 46.1 Å². The average Bonchev–Trinajstić information content (AvgIpc) is 2.55. The maximum atomic E-state index is 12.3. The van der Waals surface area contributed by atoms with Crippen LogP contribution in [-0.2, 0) is 5.41 Å². The minimum atomic E-state index is -0.236. The van der Waals surface area contributed by atoms with Gasteiger partial charge in [-0.15, -0.1) is 0 Å². The molecule has 0 saturated heterocycles. The third-order valence-electron chi connectivity index (χ3n) is 4.02. The zero-order valence-electron chi connectivity index (χ0n) is 15.7. The lowest BCUT2D eigenvalue weighted by atomic mass is 9.84. The standard InChI is InChI=1S/C21H28N2O2/c1-15(2)25-19-9-7-6-8-18(19)23-20(24)22-14-21(4,5)17-12-10-16(3)11-13-17/h6-13,15H,14H2,1-5H3,(H2,22,23,24). The Kier molecular flexibility index (Phi) is 6.07. The van der Waals surface area contributed by atoms with E-state index < -0.39 is 0 Å². The Morgan fingerprint density at radius 1 is 1.08 bits per heavy atom. The van der Waals surface area contributed by atoms with Crippen molar-refractivity contribution in [3.63, 3.8) is 0 Å². The van der Waals surface area contributed by atoms with Crippen LogP contribution in [0.3, 0.4) is 0 Å². The lowest BCUT2D eigenvalue weighted by molar-refractivity contribution is 0.241. The molecule has 134 valence electrons. The van der Waals surface area contributed by atoms with Gasteiger partial charge < -0.3 is 15.4 Å². The molecule has 0 aliphatic carbocycles. The monoisotopic (exact) mass is 340 g/mol. The molecular formula is C21H28N2O2. The van der Waals surface area contributed by atoms with Gasteiger partial charge in [-0.1, -0.05) is 55.8 Å². The van der Waals surface area contributed by atoms with E-state index in [1.807, 2.05) is 38.1 Å². The Hall–Kier alpha value is -2.49. The lowest BCUT2D eigenvalue weighted by Crippen LogP contribution is -2.39. The number of amides is 2. The summed E-state index contributed by atoms with van der Waals surface area (Å²) in [5, 5.41) is 5.83. The molecule has 0 radical (unpaired) electrons. The summed E-state index contributed by atoms with van der Waals surface area (Å²) in [5.74, 6) is 0.672. The second-order valence-corrected chi connectivity index (χ2v) is 7.22. The Balaban J connectivity index is 1.98. The predicted octanol–water partition coefficient (Wildman–Crippen LogP) is 4.88. The predicted molar refractivity (Wildman–Crippen MR) is 103 cm³/mol. The first kappa shape index (κ1) is 18.8. The molecule has 0 aromatic heterocycles. The molecular weight excluding hydrogens is 312 g/mol. The average molecular weight is 340 g/mol. The topological polar surface area (TPSA) is 50.4 Å². The van der Waals surface area contributed by atoms with Crippen molar-refractivity contribution in [1.29, 1.82) is 0 Å². The summed E-state index contributed by atoms with van der Waals surface area (Å²) >= 11 is 0. The Morgan fingerprint density at radius 3 is 2.36 bits per heavy atom. The van der Waals surface area contributed by atoms with Crippen LogP contribution in [0.1, 0.15) is 38.8 Å². The molecule has 2 amide bonds. The van der Waals surface area contributed by atoms with Crippen LogP contribution in [-0.4, -0.2) is 18.7 Å². The van der Waals surface area contributed by atoms with Gasteiger partial charge in [0, 0.05) is 12.0 Å². The number of anilines is 1. The first-order valence-corrected chi connectivity index (χ1v) is 8.65. The normalized spacial score (nSPS) is 11.3. The Bertz CT molecular complexity index is 706. The fourth-order valence-corrected chi connectivity index (χ4v) is 2.50. The molecule has 4 nitrogen and oxygen atoms in total. The van der Waals surface area contributed by atoms with Crippen LogP contribution in [0.5, 0.6) is 5.75 Å². The summed E-state index contributed by atoms with van der Waals surface area (Å²) in [6.45, 7) is 10.8. The second-order valence-electron chi connectivity index (χ2n) is 7.22. The quantitative estimate of drug-likeness (QED) is 0.787. The maximum Gasteiger partial charge on any atom is 0.319 e. The maximum absolute atomic E-state index is 12.3. The van der Waals surface area contributed by atoms with E-state index >= 15 is 0 Å². The summed E-state index contributed by atoms with van der Waals surface area (Å²) in [6, 6.07) is 15.6. The highest BCUT2D eigenvalue weighted by atomic mass is 16.5. The fraction of sp³-hybridized carbons (Fsp3) is 0.381. The molecule has 0 spiro atoms. The zero-order chi connectivity index (χ0) is 18.4. The van der Waals surface area contributed by atoms with Gasteiger partial charge in [0.2, 0.25) is 0 Å². The Labute approximate surface area is 150 Å². The number of aryl methyl sites for hydroxylation is 1. The number of rotatable bonds is 6. The third kappa shape index (κ3) is 5.52. The molecule has 2 aromatic rings. The summed E-state index contributed by atoms with van der Waals surface area (Å²) < 4.78 is 5.73. The van der Waals surface area contributed by atoms with E-state index in [2.05, 4.69) is 55.7 Å². The number of para-hydroxylation sites is 2. The van der Waals surface area contributed by atoms with E-state index in [1.165, 1.54) is 11.1 Å². The summed E-state index contributed by atoms with van der Waals surface area (Å²) in [7, 11) is 0. The third-order valence-corrected chi connectivity index (χ3v) is 4.02. The molecule has 0 aliphatic rings. The highest BCUT2D eigenvalue weighted by Crippen LogP contribution is 2.25. The SMILES string of the molecule is Cc1ccc(C(C)(C)CNC(=O)Nc2ccccc2OC(C)C)cc1. The molecule has 25 heavy (non-hydrogen) atoms. The van der Waals surface area contributed by atoms with Crippen LogP contribution in [0.25, 0.3) is 0 Å². The highest BCUT2D eigenvalue weighted by Gasteiger charge is 2.21. The van der Waals surface area contributed by atoms with Crippen molar-refractivity contribution in [3.8, 4) is 5.75 Å². The molecule has 0 unspecified atom stereocenters. The molecule has 0 heterocycles. The molecule has 2 rings (SSSR count). The lowest BCUT2D eigenvalue weighted by Gasteiger charge is -2.26. The van der Waals surface area contributed by atoms with Gasteiger partial charge in [0.25, 0.3) is 0 Å². The zero-order valence-corrected chi connectivity index (χ0v) is 15.7. The minimum Gasteiger partial charge on any atom is -0.489 e. The van der Waals surface area contributed by atoms with Crippen LogP contribution < -0.4 is 15.4 Å². The van der Waals surface area contributed by atoms with Crippen molar-refractivity contribution in [3.05, 3.63) is 59.7 Å². The molecule has 0 fully saturated rings. The van der Waals surface area contributed by atoms with Gasteiger partial charge in [0.05, 0.1) is 11.8 Å². The van der Waals surface area contributed by atoms with Crippen molar-refractivity contribution >= 4 is 11.7 Å². The Morgan fingerprint density at radius 2 is 1.72 bits per heavy atom. The number of urea groups is 1. The van der Waals surface area contributed by atoms with Crippen molar-refractivity contribution < 1.29 is 9.53 Å². The van der Waals surface area contributed by atoms with Gasteiger partial charge in [-0.25, -0.2) is 4.79 Å². The number of ether oxygens (including phenoxy) is 1.